The standard InChI is InChI=1S/C19H31N5O4/c1-13-11-15-14(12-23(13)18(27)28-19(2,3)4)16-17(26)21(5)22(7-6-10-25)8-9-24(16)20-15/h13,25H,6-12H2,1-5H3/t13-/m1/s1. The number of amides is 2. The van der Waals surface area contributed by atoms with Crippen LogP contribution in [0.4, 0.5) is 4.79 Å². The van der Waals surface area contributed by atoms with Gasteiger partial charge in [0.2, 0.25) is 0 Å². The number of aliphatic hydroxyl groups excluding tert-OH is 1. The maximum atomic E-state index is 13.2. The third kappa shape index (κ3) is 4.00. The highest BCUT2D eigenvalue weighted by molar-refractivity contribution is 5.94. The minimum atomic E-state index is -0.573. The van der Waals surface area contributed by atoms with Crippen LogP contribution >= 0.6 is 0 Å². The molecule has 9 heteroatoms. The van der Waals surface area contributed by atoms with Gasteiger partial charge in [-0.2, -0.15) is 5.10 Å². The highest BCUT2D eigenvalue weighted by Gasteiger charge is 2.38. The highest BCUT2D eigenvalue weighted by Crippen LogP contribution is 2.29. The fourth-order valence-electron chi connectivity index (χ4n) is 3.72. The van der Waals surface area contributed by atoms with Gasteiger partial charge in [-0.3, -0.25) is 14.5 Å². The first kappa shape index (κ1) is 20.6. The van der Waals surface area contributed by atoms with Crippen LogP contribution < -0.4 is 0 Å². The van der Waals surface area contributed by atoms with Crippen molar-refractivity contribution in [2.24, 2.45) is 0 Å². The lowest BCUT2D eigenvalue weighted by Gasteiger charge is -2.35. The second-order valence-corrected chi connectivity index (χ2v) is 8.52. The monoisotopic (exact) mass is 393 g/mol. The zero-order chi connectivity index (χ0) is 20.6. The van der Waals surface area contributed by atoms with Gasteiger partial charge in [0.15, 0.2) is 0 Å². The van der Waals surface area contributed by atoms with Gasteiger partial charge in [-0.05, 0) is 34.1 Å². The number of ether oxygens (including phenoxy) is 1. The number of hydrazine groups is 1. The Labute approximate surface area is 165 Å². The van der Waals surface area contributed by atoms with E-state index < -0.39 is 5.60 Å². The van der Waals surface area contributed by atoms with Crippen molar-refractivity contribution < 1.29 is 19.4 Å². The molecule has 0 unspecified atom stereocenters. The predicted octanol–water partition coefficient (Wildman–Crippen LogP) is 1.25. The van der Waals surface area contributed by atoms with E-state index in [0.717, 1.165) is 11.3 Å². The van der Waals surface area contributed by atoms with Crippen LogP contribution in [0, 0.1) is 0 Å². The number of fused-ring (bicyclic) bond motifs is 3. The zero-order valence-electron chi connectivity index (χ0n) is 17.4. The molecule has 3 rings (SSSR count). The van der Waals surface area contributed by atoms with Gasteiger partial charge in [-0.1, -0.05) is 0 Å². The molecule has 0 bridgehead atoms. The maximum absolute atomic E-state index is 13.2. The molecule has 0 aliphatic carbocycles. The average molecular weight is 393 g/mol. The molecule has 0 spiro atoms. The Morgan fingerprint density at radius 3 is 2.68 bits per heavy atom. The van der Waals surface area contributed by atoms with Gasteiger partial charge in [0, 0.05) is 44.8 Å². The lowest BCUT2D eigenvalue weighted by Crippen LogP contribution is -2.46. The van der Waals surface area contributed by atoms with Crippen LogP contribution in [0.3, 0.4) is 0 Å². The van der Waals surface area contributed by atoms with Crippen molar-refractivity contribution in [3.05, 3.63) is 17.0 Å². The topological polar surface area (TPSA) is 91.1 Å². The minimum Gasteiger partial charge on any atom is -0.444 e. The highest BCUT2D eigenvalue weighted by atomic mass is 16.6. The van der Waals surface area contributed by atoms with Crippen molar-refractivity contribution in [3.8, 4) is 0 Å². The van der Waals surface area contributed by atoms with Crippen LogP contribution in [0.2, 0.25) is 0 Å². The van der Waals surface area contributed by atoms with Crippen molar-refractivity contribution >= 4 is 12.0 Å². The summed E-state index contributed by atoms with van der Waals surface area (Å²) in [5.41, 5.74) is 1.66. The van der Waals surface area contributed by atoms with E-state index in [1.54, 1.807) is 21.6 Å². The van der Waals surface area contributed by atoms with E-state index in [-0.39, 0.29) is 24.6 Å². The summed E-state index contributed by atoms with van der Waals surface area (Å²) in [6.07, 6.45) is 0.825. The second kappa shape index (κ2) is 7.71. The summed E-state index contributed by atoms with van der Waals surface area (Å²) in [5.74, 6) is -0.136. The van der Waals surface area contributed by atoms with E-state index in [4.69, 9.17) is 9.84 Å². The molecule has 2 amide bonds. The molecule has 1 aromatic rings. The van der Waals surface area contributed by atoms with Gasteiger partial charge in [-0.25, -0.2) is 9.80 Å². The quantitative estimate of drug-likeness (QED) is 0.831. The summed E-state index contributed by atoms with van der Waals surface area (Å²) in [6, 6.07) is -0.0459. The molecule has 2 aliphatic rings. The minimum absolute atomic E-state index is 0.0459. The molecule has 2 aliphatic heterocycles. The van der Waals surface area contributed by atoms with Gasteiger partial charge < -0.3 is 14.7 Å². The number of rotatable bonds is 3. The molecule has 0 saturated heterocycles. The molecular formula is C19H31N5O4. The number of hydrogen-bond acceptors (Lipinski definition) is 6. The fraction of sp³-hybridized carbons (Fsp3) is 0.737. The Bertz CT molecular complexity index is 754. The van der Waals surface area contributed by atoms with Gasteiger partial charge in [0.1, 0.15) is 11.3 Å². The number of aliphatic hydroxyl groups is 1. The number of carbonyl (C=O) groups excluding carboxylic acids is 2. The molecule has 1 aromatic heterocycles. The smallest absolute Gasteiger partial charge is 0.410 e. The molecule has 0 radical (unpaired) electrons. The normalized spacial score (nSPS) is 20.6. The van der Waals surface area contributed by atoms with Crippen LogP contribution in [0.5, 0.6) is 0 Å². The molecule has 0 aromatic carbocycles. The molecular weight excluding hydrogens is 362 g/mol. The third-order valence-electron chi connectivity index (χ3n) is 5.18. The Balaban J connectivity index is 1.87. The lowest BCUT2D eigenvalue weighted by atomic mass is 9.99. The summed E-state index contributed by atoms with van der Waals surface area (Å²) in [5, 5.41) is 17.3. The van der Waals surface area contributed by atoms with Gasteiger partial charge in [0.05, 0.1) is 18.8 Å². The van der Waals surface area contributed by atoms with Crippen molar-refractivity contribution in [3.63, 3.8) is 0 Å². The van der Waals surface area contributed by atoms with E-state index in [1.807, 2.05) is 32.7 Å². The van der Waals surface area contributed by atoms with Crippen LogP contribution in [0.1, 0.15) is 55.9 Å². The van der Waals surface area contributed by atoms with E-state index in [9.17, 15) is 9.59 Å². The van der Waals surface area contributed by atoms with Crippen LogP contribution in [-0.4, -0.2) is 80.2 Å². The summed E-state index contributed by atoms with van der Waals surface area (Å²) >= 11 is 0. The Morgan fingerprint density at radius 2 is 2.04 bits per heavy atom. The molecule has 0 saturated carbocycles. The van der Waals surface area contributed by atoms with Crippen LogP contribution in [-0.2, 0) is 24.2 Å². The SMILES string of the molecule is C[C@@H]1Cc2nn3c(c2CN1C(=O)OC(C)(C)C)C(=O)N(C)N(CCCO)CC3. The summed E-state index contributed by atoms with van der Waals surface area (Å²) in [7, 11) is 1.74. The number of nitrogens with zero attached hydrogens (tertiary/aromatic N) is 5. The molecule has 9 nitrogen and oxygen atoms in total. The van der Waals surface area contributed by atoms with Crippen LogP contribution in [0.25, 0.3) is 0 Å². The molecule has 28 heavy (non-hydrogen) atoms. The van der Waals surface area contributed by atoms with Crippen molar-refractivity contribution in [2.75, 3.05) is 26.7 Å². The molecule has 3 heterocycles. The molecule has 156 valence electrons. The first-order valence-electron chi connectivity index (χ1n) is 9.84. The largest absolute Gasteiger partial charge is 0.444 e. The van der Waals surface area contributed by atoms with E-state index in [0.29, 0.717) is 44.7 Å². The summed E-state index contributed by atoms with van der Waals surface area (Å²) in [4.78, 5) is 27.5. The van der Waals surface area contributed by atoms with Gasteiger partial charge in [-0.15, -0.1) is 0 Å². The van der Waals surface area contributed by atoms with Crippen molar-refractivity contribution in [1.82, 2.24) is 24.7 Å². The molecule has 1 atom stereocenters. The van der Waals surface area contributed by atoms with Crippen molar-refractivity contribution in [2.45, 2.75) is 65.3 Å². The summed E-state index contributed by atoms with van der Waals surface area (Å²) in [6.45, 7) is 9.74. The van der Waals surface area contributed by atoms with E-state index in [2.05, 4.69) is 5.10 Å². The van der Waals surface area contributed by atoms with Crippen LogP contribution in [0.15, 0.2) is 0 Å². The van der Waals surface area contributed by atoms with E-state index >= 15 is 0 Å². The molecule has 0 fully saturated rings. The maximum Gasteiger partial charge on any atom is 0.410 e. The summed E-state index contributed by atoms with van der Waals surface area (Å²) < 4.78 is 7.32. The second-order valence-electron chi connectivity index (χ2n) is 8.52. The molecule has 1 N–H and O–H groups in total. The Hall–Kier alpha value is -2.13. The zero-order valence-corrected chi connectivity index (χ0v) is 17.4. The predicted molar refractivity (Wildman–Crippen MR) is 103 cm³/mol. The Morgan fingerprint density at radius 1 is 1.32 bits per heavy atom. The number of carbonyl (C=O) groups is 2. The first-order chi connectivity index (χ1) is 13.1. The third-order valence-corrected chi connectivity index (χ3v) is 5.18. The van der Waals surface area contributed by atoms with Crippen molar-refractivity contribution in [1.29, 1.82) is 0 Å². The fourth-order valence-corrected chi connectivity index (χ4v) is 3.72. The van der Waals surface area contributed by atoms with Gasteiger partial charge >= 0.3 is 6.09 Å². The van der Waals surface area contributed by atoms with E-state index in [1.165, 1.54) is 0 Å². The Kier molecular flexibility index (Phi) is 5.67. The average Bonchev–Trinajstić information content (AvgIpc) is 2.90. The first-order valence-corrected chi connectivity index (χ1v) is 9.84. The number of aromatic nitrogens is 2. The number of hydrogen-bond donors (Lipinski definition) is 1. The lowest BCUT2D eigenvalue weighted by molar-refractivity contribution is 0.00435. The van der Waals surface area contributed by atoms with Gasteiger partial charge in [0.25, 0.3) is 5.91 Å².